The summed E-state index contributed by atoms with van der Waals surface area (Å²) in [6.45, 7) is 3.68. The second-order valence-electron chi connectivity index (χ2n) is 5.43. The van der Waals surface area contributed by atoms with Crippen molar-refractivity contribution in [2.45, 2.75) is 19.9 Å². The fourth-order valence-corrected chi connectivity index (χ4v) is 2.09. The van der Waals surface area contributed by atoms with E-state index in [9.17, 15) is 10.1 Å². The molecule has 1 amide bonds. The van der Waals surface area contributed by atoms with Gasteiger partial charge in [0.1, 0.15) is 23.1 Å². The molecule has 0 fully saturated rings. The quantitative estimate of drug-likeness (QED) is 0.641. The number of hydrogen-bond donors (Lipinski definition) is 1. The van der Waals surface area contributed by atoms with Crippen molar-refractivity contribution in [3.05, 3.63) is 64.7 Å². The van der Waals surface area contributed by atoms with Gasteiger partial charge in [0.05, 0.1) is 0 Å². The van der Waals surface area contributed by atoms with Gasteiger partial charge in [-0.1, -0.05) is 23.7 Å². The Morgan fingerprint density at radius 3 is 2.54 bits per heavy atom. The maximum atomic E-state index is 12.0. The molecule has 0 radical (unpaired) electrons. The average molecular weight is 341 g/mol. The first-order chi connectivity index (χ1) is 11.5. The second-order valence-corrected chi connectivity index (χ2v) is 5.86. The number of carbonyl (C=O) groups excluding carboxylic acids is 1. The van der Waals surface area contributed by atoms with Crippen molar-refractivity contribution in [3.8, 4) is 17.6 Å². The molecule has 0 bridgehead atoms. The van der Waals surface area contributed by atoms with E-state index in [-0.39, 0.29) is 11.6 Å². The summed E-state index contributed by atoms with van der Waals surface area (Å²) in [4.78, 5) is 12.0. The maximum Gasteiger partial charge on any atom is 0.262 e. The number of benzene rings is 2. The molecule has 0 spiro atoms. The molecule has 2 rings (SSSR count). The van der Waals surface area contributed by atoms with Gasteiger partial charge in [0, 0.05) is 11.1 Å². The Balaban J connectivity index is 2.20. The largest absolute Gasteiger partial charge is 0.457 e. The highest BCUT2D eigenvalue weighted by Gasteiger charge is 2.10. The average Bonchev–Trinajstić information content (AvgIpc) is 2.54. The number of hydrogen-bond acceptors (Lipinski definition) is 3. The molecule has 122 valence electrons. The van der Waals surface area contributed by atoms with Gasteiger partial charge in [0.2, 0.25) is 0 Å². The topological polar surface area (TPSA) is 62.1 Å². The van der Waals surface area contributed by atoms with Crippen LogP contribution in [0.5, 0.6) is 11.5 Å². The zero-order chi connectivity index (χ0) is 17.5. The summed E-state index contributed by atoms with van der Waals surface area (Å²) >= 11 is 5.85. The van der Waals surface area contributed by atoms with E-state index >= 15 is 0 Å². The molecular formula is C19H17ClN2O2. The zero-order valence-electron chi connectivity index (χ0n) is 13.4. The van der Waals surface area contributed by atoms with Crippen LogP contribution in [-0.2, 0) is 4.79 Å². The third-order valence-electron chi connectivity index (χ3n) is 3.00. The van der Waals surface area contributed by atoms with Gasteiger partial charge in [0.25, 0.3) is 5.91 Å². The molecule has 0 saturated carbocycles. The fourth-order valence-electron chi connectivity index (χ4n) is 1.96. The molecule has 24 heavy (non-hydrogen) atoms. The Morgan fingerprint density at radius 2 is 1.92 bits per heavy atom. The number of nitrogens with zero attached hydrogens (tertiary/aromatic N) is 1. The molecule has 0 aliphatic carbocycles. The van der Waals surface area contributed by atoms with Crippen molar-refractivity contribution in [1.82, 2.24) is 5.32 Å². The molecule has 0 heterocycles. The Hall–Kier alpha value is -2.77. The maximum absolute atomic E-state index is 12.0. The monoisotopic (exact) mass is 340 g/mol. The van der Waals surface area contributed by atoms with E-state index in [0.717, 1.165) is 0 Å². The van der Waals surface area contributed by atoms with Gasteiger partial charge in [-0.25, -0.2) is 0 Å². The minimum absolute atomic E-state index is 0.0335. The van der Waals surface area contributed by atoms with E-state index in [1.54, 1.807) is 48.5 Å². The van der Waals surface area contributed by atoms with Crippen LogP contribution in [0.3, 0.4) is 0 Å². The van der Waals surface area contributed by atoms with Crippen LogP contribution in [0.25, 0.3) is 6.08 Å². The number of carbonyl (C=O) groups is 1. The van der Waals surface area contributed by atoms with Gasteiger partial charge in [-0.15, -0.1) is 0 Å². The number of nitrogens with one attached hydrogen (secondary N) is 1. The molecule has 0 aliphatic rings. The summed E-state index contributed by atoms with van der Waals surface area (Å²) in [5.74, 6) is 0.864. The number of nitriles is 1. The van der Waals surface area contributed by atoms with Crippen molar-refractivity contribution >= 4 is 23.6 Å². The summed E-state index contributed by atoms with van der Waals surface area (Å²) < 4.78 is 5.74. The first-order valence-electron chi connectivity index (χ1n) is 7.44. The molecule has 2 aromatic rings. The fraction of sp³-hybridized carbons (Fsp3) is 0.158. The lowest BCUT2D eigenvalue weighted by Crippen LogP contribution is -2.30. The van der Waals surface area contributed by atoms with Crippen molar-refractivity contribution < 1.29 is 9.53 Å². The molecule has 5 heteroatoms. The first-order valence-corrected chi connectivity index (χ1v) is 7.82. The SMILES string of the molecule is CC(C)NC(=O)/C(C#N)=C/c1cccc(Oc2ccc(Cl)cc2)c1. The first kappa shape index (κ1) is 17.6. The van der Waals surface area contributed by atoms with Crippen LogP contribution in [0.1, 0.15) is 19.4 Å². The van der Waals surface area contributed by atoms with Crippen LogP contribution < -0.4 is 10.1 Å². The molecule has 0 aliphatic heterocycles. The lowest BCUT2D eigenvalue weighted by atomic mass is 10.1. The highest BCUT2D eigenvalue weighted by molar-refractivity contribution is 6.30. The van der Waals surface area contributed by atoms with Gasteiger partial charge in [-0.3, -0.25) is 4.79 Å². The van der Waals surface area contributed by atoms with Crippen LogP contribution in [0.15, 0.2) is 54.1 Å². The highest BCUT2D eigenvalue weighted by atomic mass is 35.5. The van der Waals surface area contributed by atoms with Crippen LogP contribution in [-0.4, -0.2) is 11.9 Å². The predicted molar refractivity (Wildman–Crippen MR) is 94.8 cm³/mol. The van der Waals surface area contributed by atoms with E-state index in [1.807, 2.05) is 19.9 Å². The Morgan fingerprint density at radius 1 is 1.21 bits per heavy atom. The van der Waals surface area contributed by atoms with Crippen LogP contribution in [0, 0.1) is 11.3 Å². The van der Waals surface area contributed by atoms with E-state index in [2.05, 4.69) is 5.32 Å². The van der Waals surface area contributed by atoms with Crippen molar-refractivity contribution in [2.24, 2.45) is 0 Å². The minimum atomic E-state index is -0.392. The molecule has 0 atom stereocenters. The number of amides is 1. The summed E-state index contributed by atoms with van der Waals surface area (Å²) in [6, 6.07) is 16.1. The predicted octanol–water partition coefficient (Wildman–Crippen LogP) is 4.56. The van der Waals surface area contributed by atoms with Crippen LogP contribution in [0.2, 0.25) is 5.02 Å². The number of rotatable bonds is 5. The van der Waals surface area contributed by atoms with Gasteiger partial charge in [0.15, 0.2) is 0 Å². The summed E-state index contributed by atoms with van der Waals surface area (Å²) in [5, 5.41) is 12.5. The summed E-state index contributed by atoms with van der Waals surface area (Å²) in [7, 11) is 0. The molecule has 1 N–H and O–H groups in total. The van der Waals surface area contributed by atoms with Gasteiger partial charge in [-0.2, -0.15) is 5.26 Å². The number of halogens is 1. The third kappa shape index (κ3) is 5.15. The summed E-state index contributed by atoms with van der Waals surface area (Å²) in [5.41, 5.74) is 0.754. The molecule has 0 saturated heterocycles. The van der Waals surface area contributed by atoms with Gasteiger partial charge < -0.3 is 10.1 Å². The highest BCUT2D eigenvalue weighted by Crippen LogP contribution is 2.24. The second kappa shape index (κ2) is 8.19. The molecular weight excluding hydrogens is 324 g/mol. The van der Waals surface area contributed by atoms with E-state index < -0.39 is 5.91 Å². The summed E-state index contributed by atoms with van der Waals surface area (Å²) in [6.07, 6.45) is 1.53. The molecule has 2 aromatic carbocycles. The molecule has 0 unspecified atom stereocenters. The van der Waals surface area contributed by atoms with Crippen molar-refractivity contribution in [3.63, 3.8) is 0 Å². The minimum Gasteiger partial charge on any atom is -0.457 e. The smallest absolute Gasteiger partial charge is 0.262 e. The zero-order valence-corrected chi connectivity index (χ0v) is 14.2. The van der Waals surface area contributed by atoms with Crippen LogP contribution in [0.4, 0.5) is 0 Å². The Bertz CT molecular complexity index is 790. The lowest BCUT2D eigenvalue weighted by Gasteiger charge is -2.08. The van der Waals surface area contributed by atoms with E-state index in [0.29, 0.717) is 22.1 Å². The molecule has 0 aromatic heterocycles. The number of ether oxygens (including phenoxy) is 1. The van der Waals surface area contributed by atoms with Gasteiger partial charge in [-0.05, 0) is 61.9 Å². The lowest BCUT2D eigenvalue weighted by molar-refractivity contribution is -0.117. The van der Waals surface area contributed by atoms with Crippen molar-refractivity contribution in [1.29, 1.82) is 5.26 Å². The van der Waals surface area contributed by atoms with E-state index in [4.69, 9.17) is 16.3 Å². The normalized spacial score (nSPS) is 11.0. The third-order valence-corrected chi connectivity index (χ3v) is 3.26. The standard InChI is InChI=1S/C19H17ClN2O2/c1-13(2)22-19(23)15(12-21)10-14-4-3-5-18(11-14)24-17-8-6-16(20)7-9-17/h3-11,13H,1-2H3,(H,22,23)/b15-10+. The van der Waals surface area contributed by atoms with Gasteiger partial charge >= 0.3 is 0 Å². The van der Waals surface area contributed by atoms with Crippen molar-refractivity contribution in [2.75, 3.05) is 0 Å². The van der Waals surface area contributed by atoms with Crippen LogP contribution >= 0.6 is 11.6 Å². The Kier molecular flexibility index (Phi) is 6.00. The Labute approximate surface area is 146 Å². The van der Waals surface area contributed by atoms with E-state index in [1.165, 1.54) is 6.08 Å². The molecule has 4 nitrogen and oxygen atoms in total.